The Labute approximate surface area is 356 Å². The number of hydrogen-bond donors (Lipinski definition) is 6. The first kappa shape index (κ1) is 49.2. The van der Waals surface area contributed by atoms with E-state index >= 15 is 0 Å². The Kier molecular flexibility index (Phi) is 18.8. The second kappa shape index (κ2) is 23.7. The topological polar surface area (TPSA) is 312 Å². The highest BCUT2D eigenvalue weighted by Gasteiger charge is 2.34. The molecule has 0 fully saturated rings. The molecule has 0 aliphatic carbocycles. The number of amides is 3. The number of nitrogens with one attached hydrogen (secondary N) is 4. The van der Waals surface area contributed by atoms with Crippen LogP contribution in [0.25, 0.3) is 11.2 Å². The zero-order valence-electron chi connectivity index (χ0n) is 34.5. The molecule has 4 rings (SSSR count). The summed E-state index contributed by atoms with van der Waals surface area (Å²) in [6.45, 7) is 5.31. The van der Waals surface area contributed by atoms with E-state index in [1.807, 2.05) is 0 Å². The Morgan fingerprint density at radius 3 is 2.13 bits per heavy atom. The fraction of sp³-hybridized carbons (Fsp3) is 0.421. The predicted octanol–water partition coefficient (Wildman–Crippen LogP) is 4.18. The van der Waals surface area contributed by atoms with Gasteiger partial charge in [0.15, 0.2) is 11.2 Å². The van der Waals surface area contributed by atoms with Crippen molar-refractivity contribution in [3.8, 4) is 0 Å². The van der Waals surface area contributed by atoms with E-state index in [0.29, 0.717) is 18.5 Å². The summed E-state index contributed by atoms with van der Waals surface area (Å²) in [6.07, 6.45) is 0.509. The molecule has 62 heavy (non-hydrogen) atoms. The summed E-state index contributed by atoms with van der Waals surface area (Å²) in [5.41, 5.74) is 6.87. The lowest BCUT2D eigenvalue weighted by atomic mass is 10.0. The molecule has 0 saturated carbocycles. The van der Waals surface area contributed by atoms with Crippen molar-refractivity contribution in [3.05, 3.63) is 87.5 Å². The Bertz CT molecular complexity index is 2310. The molecule has 4 aromatic rings. The van der Waals surface area contributed by atoms with Gasteiger partial charge in [0.1, 0.15) is 12.1 Å². The number of H-pyrrole nitrogens is 1. The molecule has 3 amide bonds. The first-order valence-electron chi connectivity index (χ1n) is 19.5. The van der Waals surface area contributed by atoms with Gasteiger partial charge in [-0.1, -0.05) is 24.3 Å². The minimum Gasteiger partial charge on any atom is -0.480 e. The van der Waals surface area contributed by atoms with Gasteiger partial charge in [-0.15, -0.1) is 0 Å². The fourth-order valence-electron chi connectivity index (χ4n) is 5.59. The van der Waals surface area contributed by atoms with E-state index in [1.54, 1.807) is 52.0 Å². The molecule has 0 saturated heterocycles. The maximum atomic E-state index is 13.4. The van der Waals surface area contributed by atoms with Gasteiger partial charge in [-0.3, -0.25) is 51.3 Å². The van der Waals surface area contributed by atoms with Crippen molar-refractivity contribution in [3.63, 3.8) is 0 Å². The van der Waals surface area contributed by atoms with E-state index in [0.717, 1.165) is 5.56 Å². The highest BCUT2D eigenvalue weighted by molar-refractivity contribution is 7.48. The number of anilines is 2. The minimum atomic E-state index is -4.16. The van der Waals surface area contributed by atoms with Crippen LogP contribution < -0.4 is 27.2 Å². The van der Waals surface area contributed by atoms with Crippen LogP contribution >= 0.6 is 15.6 Å². The second-order valence-corrected chi connectivity index (χ2v) is 16.3. The molecule has 0 bridgehead atoms. The zero-order valence-corrected chi connectivity index (χ0v) is 36.3. The quantitative estimate of drug-likeness (QED) is 0.0482. The standard InChI is InChI=1S/C38H50N8O14P2/c1-5-55-61(53,56-6-2)59-23-27(60-62(54,57-7-3)58-8-4)22-41-35(49)28-11-9-10-12-29(28)43-31(47)20-19-30(37(51)52)44-34(48)25-16-13-24(14-17-25)15-18-26-21-40-33-32(42-26)36(50)46-38(39)45-33/h9-14,16-17,21,27,30H,5-8,15,18-20,22-23H2,1-4H3,(H,41,49)(H,43,47)(H,44,48)(H,51,52)(H3,39,40,45,46,50)/t27?,30-/m1/s1. The SMILES string of the molecule is CCOP(=O)(OCC)OCC(CNC(=O)c1ccccc1NC(=O)CC[C@@H](NC(=O)c1ccc(CCc2cnc3nc(N)[nH]c(=O)c3n2)cc1)C(=O)O)OP(=O)(OCC)OCC. The van der Waals surface area contributed by atoms with E-state index in [9.17, 15) is 38.2 Å². The average molecular weight is 905 g/mol. The third-order valence-electron chi connectivity index (χ3n) is 8.42. The van der Waals surface area contributed by atoms with Crippen molar-refractivity contribution in [2.24, 2.45) is 0 Å². The van der Waals surface area contributed by atoms with Gasteiger partial charge in [0.2, 0.25) is 11.9 Å². The summed E-state index contributed by atoms with van der Waals surface area (Å²) in [7, 11) is -8.21. The highest BCUT2D eigenvalue weighted by atomic mass is 31.2. The Hall–Kier alpha value is -5.44. The fourth-order valence-corrected chi connectivity index (χ4v) is 8.13. The van der Waals surface area contributed by atoms with Gasteiger partial charge in [-0.25, -0.2) is 23.9 Å². The molecule has 2 heterocycles. The first-order valence-corrected chi connectivity index (χ1v) is 22.5. The molecular weight excluding hydrogens is 854 g/mol. The number of hydrogen-bond acceptors (Lipinski definition) is 17. The number of para-hydroxylation sites is 1. The molecule has 0 aliphatic rings. The number of carbonyl (C=O) groups is 4. The molecule has 2 atom stereocenters. The number of carboxylic acids is 1. The van der Waals surface area contributed by atoms with Crippen LogP contribution in [-0.4, -0.2) is 100 Å². The van der Waals surface area contributed by atoms with Crippen LogP contribution in [0.1, 0.15) is 72.5 Å². The molecule has 336 valence electrons. The summed E-state index contributed by atoms with van der Waals surface area (Å²) in [5.74, 6) is -3.47. The molecule has 0 radical (unpaired) electrons. The van der Waals surface area contributed by atoms with Crippen LogP contribution in [-0.2, 0) is 58.7 Å². The third kappa shape index (κ3) is 14.9. The van der Waals surface area contributed by atoms with E-state index in [2.05, 4.69) is 35.9 Å². The number of aromatic nitrogens is 4. The number of nitrogens with two attached hydrogens (primary N) is 1. The molecule has 1 unspecified atom stereocenters. The van der Waals surface area contributed by atoms with Crippen molar-refractivity contribution >= 4 is 62.1 Å². The van der Waals surface area contributed by atoms with E-state index in [-0.39, 0.29) is 79.7 Å². The molecule has 22 nitrogen and oxygen atoms in total. The lowest BCUT2D eigenvalue weighted by Crippen LogP contribution is -2.41. The number of aryl methyl sites for hydroxylation is 2. The van der Waals surface area contributed by atoms with Crippen LogP contribution in [0.2, 0.25) is 0 Å². The molecule has 0 aliphatic heterocycles. The van der Waals surface area contributed by atoms with E-state index < -0.39 is 63.6 Å². The normalized spacial score (nSPS) is 12.7. The summed E-state index contributed by atoms with van der Waals surface area (Å²) >= 11 is 0. The molecule has 2 aromatic heterocycles. The van der Waals surface area contributed by atoms with E-state index in [4.69, 9.17) is 32.9 Å². The Morgan fingerprint density at radius 2 is 1.48 bits per heavy atom. The van der Waals surface area contributed by atoms with Crippen LogP contribution in [0.15, 0.2) is 59.5 Å². The summed E-state index contributed by atoms with van der Waals surface area (Å²) < 4.78 is 57.9. The summed E-state index contributed by atoms with van der Waals surface area (Å²) in [6, 6.07) is 11.0. The van der Waals surface area contributed by atoms with E-state index in [1.165, 1.54) is 30.5 Å². The van der Waals surface area contributed by atoms with Crippen molar-refractivity contribution in [1.29, 1.82) is 0 Å². The Morgan fingerprint density at radius 1 is 0.839 bits per heavy atom. The maximum absolute atomic E-state index is 13.4. The van der Waals surface area contributed by atoms with Crippen molar-refractivity contribution in [2.45, 2.75) is 65.5 Å². The highest BCUT2D eigenvalue weighted by Crippen LogP contribution is 2.52. The van der Waals surface area contributed by atoms with Crippen LogP contribution in [0.4, 0.5) is 11.6 Å². The van der Waals surface area contributed by atoms with Gasteiger partial charge in [-0.2, -0.15) is 4.98 Å². The van der Waals surface area contributed by atoms with Gasteiger partial charge in [0.25, 0.3) is 17.4 Å². The van der Waals surface area contributed by atoms with Crippen molar-refractivity contribution in [1.82, 2.24) is 30.6 Å². The number of aliphatic carboxylic acids is 1. The molecule has 0 spiro atoms. The maximum Gasteiger partial charge on any atom is 0.475 e. The van der Waals surface area contributed by atoms with Gasteiger partial charge < -0.3 is 26.8 Å². The Balaban J connectivity index is 1.33. The lowest BCUT2D eigenvalue weighted by Gasteiger charge is -2.25. The number of phosphoric ester groups is 2. The largest absolute Gasteiger partial charge is 0.480 e. The van der Waals surface area contributed by atoms with Crippen LogP contribution in [0, 0.1) is 0 Å². The number of nitrogens with zero attached hydrogens (tertiary/aromatic N) is 3. The van der Waals surface area contributed by atoms with Gasteiger partial charge in [0.05, 0.1) is 56.2 Å². The summed E-state index contributed by atoms with van der Waals surface area (Å²) in [4.78, 5) is 78.6. The van der Waals surface area contributed by atoms with Crippen molar-refractivity contribution in [2.75, 3.05) is 50.6 Å². The van der Waals surface area contributed by atoms with Gasteiger partial charge in [0, 0.05) is 18.5 Å². The molecule has 2 aromatic carbocycles. The lowest BCUT2D eigenvalue weighted by molar-refractivity contribution is -0.139. The monoisotopic (exact) mass is 904 g/mol. The minimum absolute atomic E-state index is 0.00232. The number of carbonyl (C=O) groups excluding carboxylic acids is 3. The number of nitrogen functional groups attached to an aromatic ring is 1. The molecular formula is C38H50N8O14P2. The molecule has 7 N–H and O–H groups in total. The number of benzene rings is 2. The first-order chi connectivity index (χ1) is 29.6. The van der Waals surface area contributed by atoms with Crippen LogP contribution in [0.5, 0.6) is 0 Å². The number of carboxylic acid groups (broad SMARTS) is 1. The number of aromatic amines is 1. The van der Waals surface area contributed by atoms with Crippen molar-refractivity contribution < 1.29 is 60.6 Å². The second-order valence-electron chi connectivity index (χ2n) is 13.0. The van der Waals surface area contributed by atoms with Gasteiger partial charge >= 0.3 is 21.6 Å². The smallest absolute Gasteiger partial charge is 0.475 e. The number of fused-ring (bicyclic) bond motifs is 1. The zero-order chi connectivity index (χ0) is 45.3. The average Bonchev–Trinajstić information content (AvgIpc) is 3.23. The summed E-state index contributed by atoms with van der Waals surface area (Å²) in [5, 5.41) is 17.5. The molecule has 24 heteroatoms. The number of rotatable bonds is 26. The van der Waals surface area contributed by atoms with Crippen LogP contribution in [0.3, 0.4) is 0 Å². The predicted molar refractivity (Wildman–Crippen MR) is 224 cm³/mol. The van der Waals surface area contributed by atoms with Gasteiger partial charge in [-0.05, 0) is 76.8 Å². The number of phosphoric acid groups is 2. The third-order valence-corrected chi connectivity index (χ3v) is 11.7.